The lowest BCUT2D eigenvalue weighted by Crippen LogP contribution is -2.42. The van der Waals surface area contributed by atoms with Gasteiger partial charge >= 0.3 is 0 Å². The zero-order chi connectivity index (χ0) is 43.5. The van der Waals surface area contributed by atoms with Crippen molar-refractivity contribution >= 4 is 34.1 Å². The van der Waals surface area contributed by atoms with Crippen LogP contribution in [0.25, 0.3) is 44.5 Å². The summed E-state index contributed by atoms with van der Waals surface area (Å²) in [6.45, 7) is 0. The van der Waals surface area contributed by atoms with Crippen molar-refractivity contribution in [3.63, 3.8) is 0 Å². The Labute approximate surface area is 377 Å². The molecule has 0 saturated heterocycles. The van der Waals surface area contributed by atoms with Crippen molar-refractivity contribution in [1.29, 1.82) is 0 Å². The minimum Gasteiger partial charge on any atom is -0.310 e. The van der Waals surface area contributed by atoms with Crippen LogP contribution in [0, 0.1) is 11.6 Å². The fourth-order valence-electron chi connectivity index (χ4n) is 10.2. The highest BCUT2D eigenvalue weighted by atomic mass is 19.1. The first kappa shape index (κ1) is 38.3. The van der Waals surface area contributed by atoms with E-state index in [1.165, 1.54) is 46.5 Å². The third-order valence-corrected chi connectivity index (χ3v) is 13.2. The molecule has 0 aliphatic carbocycles. The van der Waals surface area contributed by atoms with Gasteiger partial charge in [-0.1, -0.05) is 158 Å². The number of benzene rings is 10. The second-order valence-corrected chi connectivity index (χ2v) is 16.8. The van der Waals surface area contributed by atoms with E-state index in [1.54, 1.807) is 0 Å². The molecule has 10 aromatic rings. The van der Waals surface area contributed by atoms with Crippen LogP contribution in [0.3, 0.4) is 0 Å². The summed E-state index contributed by atoms with van der Waals surface area (Å²) in [7, 11) is 0. The smallest absolute Gasteiger partial charge is 0.123 e. The standard InChI is InChI=1S/C61H40F2N2/c62-49-29-19-43(20-30-49)45-23-33-51(34-24-45)64-57-17-9-7-15-53(57)61(55-39-47(27-37-59(55)64)41-11-3-1-4-12-41)54-16-8-10-18-58(54)65(52-35-25-46(26-36-52)44-21-31-50(63)32-22-44)60-38-28-48(40-56(60)61)42-13-5-2-6-14-42/h1-40H. The van der Waals surface area contributed by atoms with Crippen LogP contribution in [0.4, 0.5) is 42.9 Å². The molecule has 0 aromatic heterocycles. The number of fused-ring (bicyclic) bond motifs is 8. The summed E-state index contributed by atoms with van der Waals surface area (Å²) in [5.74, 6) is -0.499. The SMILES string of the molecule is Fc1ccc(-c2ccc(N3c4ccccc4C4(c5ccccc5N(c5ccc(-c6ccc(F)cc6)cc5)c5ccc(-c6ccccc6)cc54)c4cc(-c5ccccc5)ccc43)cc2)cc1. The molecule has 0 unspecified atom stereocenters. The number of rotatable bonds is 6. The Hall–Kier alpha value is -8.34. The molecule has 0 saturated carbocycles. The van der Waals surface area contributed by atoms with Gasteiger partial charge in [0, 0.05) is 11.4 Å². The van der Waals surface area contributed by atoms with E-state index in [2.05, 4.69) is 204 Å². The van der Waals surface area contributed by atoms with Crippen molar-refractivity contribution in [3.8, 4) is 44.5 Å². The fraction of sp³-hybridized carbons (Fsp3) is 0.0164. The maximum Gasteiger partial charge on any atom is 0.123 e. The molecule has 2 heterocycles. The maximum atomic E-state index is 13.9. The molecule has 308 valence electrons. The lowest BCUT2D eigenvalue weighted by Gasteiger charge is -2.51. The first-order valence-corrected chi connectivity index (χ1v) is 22.0. The molecule has 12 rings (SSSR count). The fourth-order valence-corrected chi connectivity index (χ4v) is 10.2. The number of hydrogen-bond donors (Lipinski definition) is 0. The molecule has 0 amide bonds. The molecular weight excluding hydrogens is 799 g/mol. The van der Waals surface area contributed by atoms with Crippen LogP contribution < -0.4 is 9.80 Å². The van der Waals surface area contributed by atoms with Crippen molar-refractivity contribution in [2.24, 2.45) is 0 Å². The van der Waals surface area contributed by atoms with Crippen molar-refractivity contribution in [3.05, 3.63) is 277 Å². The van der Waals surface area contributed by atoms with E-state index in [0.717, 1.165) is 78.6 Å². The molecule has 2 nitrogen and oxygen atoms in total. The topological polar surface area (TPSA) is 6.48 Å². The molecule has 2 aliphatic rings. The van der Waals surface area contributed by atoms with Gasteiger partial charge in [-0.3, -0.25) is 0 Å². The van der Waals surface area contributed by atoms with Crippen molar-refractivity contribution in [2.75, 3.05) is 9.80 Å². The summed E-state index contributed by atoms with van der Waals surface area (Å²) in [4.78, 5) is 4.81. The van der Waals surface area contributed by atoms with E-state index in [-0.39, 0.29) is 11.6 Å². The predicted molar refractivity (Wildman–Crippen MR) is 263 cm³/mol. The summed E-state index contributed by atoms with van der Waals surface area (Å²) in [5, 5.41) is 0. The van der Waals surface area contributed by atoms with E-state index in [4.69, 9.17) is 0 Å². The molecule has 1 spiro atoms. The van der Waals surface area contributed by atoms with Gasteiger partial charge in [0.05, 0.1) is 28.2 Å². The lowest BCUT2D eigenvalue weighted by molar-refractivity contribution is 0.627. The van der Waals surface area contributed by atoms with Crippen LogP contribution in [-0.2, 0) is 5.41 Å². The summed E-state index contributed by atoms with van der Waals surface area (Å²) >= 11 is 0. The van der Waals surface area contributed by atoms with Gasteiger partial charge in [-0.2, -0.15) is 0 Å². The van der Waals surface area contributed by atoms with E-state index < -0.39 is 5.41 Å². The van der Waals surface area contributed by atoms with Gasteiger partial charge in [0.1, 0.15) is 11.6 Å². The first-order chi connectivity index (χ1) is 32.0. The average molecular weight is 839 g/mol. The van der Waals surface area contributed by atoms with Crippen molar-refractivity contribution in [2.45, 2.75) is 5.41 Å². The highest BCUT2D eigenvalue weighted by molar-refractivity contribution is 5.98. The Morgan fingerprint density at radius 2 is 0.538 bits per heavy atom. The molecule has 10 aromatic carbocycles. The Morgan fingerprint density at radius 3 is 0.923 bits per heavy atom. The normalized spacial score (nSPS) is 13.1. The van der Waals surface area contributed by atoms with Gasteiger partial charge in [-0.25, -0.2) is 8.78 Å². The van der Waals surface area contributed by atoms with Crippen LogP contribution >= 0.6 is 0 Å². The van der Waals surface area contributed by atoms with Gasteiger partial charge in [-0.15, -0.1) is 0 Å². The molecule has 65 heavy (non-hydrogen) atoms. The first-order valence-electron chi connectivity index (χ1n) is 22.0. The van der Waals surface area contributed by atoms with Crippen LogP contribution in [0.1, 0.15) is 22.3 Å². The van der Waals surface area contributed by atoms with Gasteiger partial charge in [0.15, 0.2) is 0 Å². The minimum absolute atomic E-state index is 0.250. The van der Waals surface area contributed by atoms with Crippen molar-refractivity contribution < 1.29 is 8.78 Å². The van der Waals surface area contributed by atoms with Gasteiger partial charge in [0.25, 0.3) is 0 Å². The largest absolute Gasteiger partial charge is 0.310 e. The quantitative estimate of drug-likeness (QED) is 0.165. The molecule has 4 heteroatoms. The lowest BCUT2D eigenvalue weighted by atomic mass is 9.59. The summed E-state index contributed by atoms with van der Waals surface area (Å²) in [6.07, 6.45) is 0. The Kier molecular flexibility index (Phi) is 9.13. The predicted octanol–water partition coefficient (Wildman–Crippen LogP) is 16.6. The summed E-state index contributed by atoms with van der Waals surface area (Å²) < 4.78 is 27.9. The summed E-state index contributed by atoms with van der Waals surface area (Å²) in [5.41, 5.74) is 18.8. The molecule has 0 fully saturated rings. The number of para-hydroxylation sites is 2. The molecule has 0 bridgehead atoms. The molecule has 0 atom stereocenters. The molecular formula is C61H40F2N2. The second kappa shape index (κ2) is 15.5. The van der Waals surface area contributed by atoms with E-state index in [9.17, 15) is 8.78 Å². The van der Waals surface area contributed by atoms with Gasteiger partial charge in [0.2, 0.25) is 0 Å². The zero-order valence-corrected chi connectivity index (χ0v) is 35.2. The monoisotopic (exact) mass is 838 g/mol. The van der Waals surface area contributed by atoms with E-state index in [1.807, 2.05) is 24.3 Å². The van der Waals surface area contributed by atoms with Crippen LogP contribution in [0.15, 0.2) is 243 Å². The van der Waals surface area contributed by atoms with Crippen LogP contribution in [0.2, 0.25) is 0 Å². The number of anilines is 6. The second-order valence-electron chi connectivity index (χ2n) is 16.8. The van der Waals surface area contributed by atoms with E-state index in [0.29, 0.717) is 0 Å². The zero-order valence-electron chi connectivity index (χ0n) is 35.2. The minimum atomic E-state index is -0.775. The van der Waals surface area contributed by atoms with Crippen molar-refractivity contribution in [1.82, 2.24) is 0 Å². The Morgan fingerprint density at radius 1 is 0.246 bits per heavy atom. The third kappa shape index (κ3) is 6.29. The number of hydrogen-bond acceptors (Lipinski definition) is 2. The summed E-state index contributed by atoms with van der Waals surface area (Å²) in [6, 6.07) is 83.6. The third-order valence-electron chi connectivity index (χ3n) is 13.2. The molecule has 0 N–H and O–H groups in total. The van der Waals surface area contributed by atoms with Gasteiger partial charge < -0.3 is 9.80 Å². The van der Waals surface area contributed by atoms with Gasteiger partial charge in [-0.05, 0) is 152 Å². The highest BCUT2D eigenvalue weighted by Gasteiger charge is 2.52. The number of nitrogens with zero attached hydrogens (tertiary/aromatic N) is 2. The Bertz CT molecular complexity index is 3140. The van der Waals surface area contributed by atoms with Crippen LogP contribution in [-0.4, -0.2) is 0 Å². The highest BCUT2D eigenvalue weighted by Crippen LogP contribution is 2.64. The van der Waals surface area contributed by atoms with E-state index >= 15 is 0 Å². The average Bonchev–Trinajstić information content (AvgIpc) is 3.37. The maximum absolute atomic E-state index is 13.9. The number of halogens is 2. The Balaban J connectivity index is 1.13. The molecule has 2 aliphatic heterocycles. The van der Waals surface area contributed by atoms with Crippen LogP contribution in [0.5, 0.6) is 0 Å². The molecule has 0 radical (unpaired) electrons.